The molecule has 1 unspecified atom stereocenters. The average molecular weight is 327 g/mol. The van der Waals surface area contributed by atoms with E-state index in [-0.39, 0.29) is 0 Å². The monoisotopic (exact) mass is 326 g/mol. The molecule has 0 fully saturated rings. The lowest BCUT2D eigenvalue weighted by Gasteiger charge is -2.09. The Kier molecular flexibility index (Phi) is 4.73. The molecule has 1 atom stereocenters. The van der Waals surface area contributed by atoms with Crippen molar-refractivity contribution in [1.82, 2.24) is 0 Å². The van der Waals surface area contributed by atoms with Gasteiger partial charge in [0.25, 0.3) is 0 Å². The summed E-state index contributed by atoms with van der Waals surface area (Å²) in [4.78, 5) is 4.75. The van der Waals surface area contributed by atoms with Crippen molar-refractivity contribution in [3.63, 3.8) is 0 Å². The number of amidine groups is 1. The molecule has 0 amide bonds. The topological polar surface area (TPSA) is 24.4 Å². The Morgan fingerprint density at radius 2 is 2.28 bits per heavy atom. The molecule has 0 radical (unpaired) electrons. The first kappa shape index (κ1) is 13.9. The van der Waals surface area contributed by atoms with Gasteiger partial charge in [0.15, 0.2) is 5.17 Å². The van der Waals surface area contributed by atoms with Gasteiger partial charge in [0.1, 0.15) is 0 Å². The van der Waals surface area contributed by atoms with E-state index in [0.29, 0.717) is 12.0 Å². The summed E-state index contributed by atoms with van der Waals surface area (Å²) in [5.74, 6) is 1.82. The number of rotatable bonds is 3. The summed E-state index contributed by atoms with van der Waals surface area (Å²) in [6.45, 7) is 6.62. The predicted octanol–water partition coefficient (Wildman–Crippen LogP) is 4.69. The summed E-state index contributed by atoms with van der Waals surface area (Å²) < 4.78 is 1.13. The van der Waals surface area contributed by atoms with Gasteiger partial charge in [-0.05, 0) is 37.0 Å². The highest BCUT2D eigenvalue weighted by molar-refractivity contribution is 9.10. The van der Waals surface area contributed by atoms with E-state index in [4.69, 9.17) is 4.99 Å². The van der Waals surface area contributed by atoms with Crippen LogP contribution in [0.2, 0.25) is 0 Å². The molecule has 1 N–H and O–H groups in total. The molecule has 2 nitrogen and oxygen atoms in total. The van der Waals surface area contributed by atoms with Crippen molar-refractivity contribution in [3.05, 3.63) is 28.2 Å². The van der Waals surface area contributed by atoms with E-state index in [1.807, 2.05) is 17.8 Å². The molecule has 18 heavy (non-hydrogen) atoms. The average Bonchev–Trinajstić information content (AvgIpc) is 2.71. The first-order chi connectivity index (χ1) is 8.56. The van der Waals surface area contributed by atoms with Gasteiger partial charge < -0.3 is 5.32 Å². The smallest absolute Gasteiger partial charge is 0.161 e. The van der Waals surface area contributed by atoms with Gasteiger partial charge in [-0.15, -0.1) is 0 Å². The van der Waals surface area contributed by atoms with Crippen molar-refractivity contribution in [2.45, 2.75) is 33.2 Å². The van der Waals surface area contributed by atoms with Crippen LogP contribution in [0.4, 0.5) is 5.69 Å². The molecular formula is C14H19BrN2S. The number of hydrogen-bond donors (Lipinski definition) is 1. The Morgan fingerprint density at radius 1 is 1.50 bits per heavy atom. The molecule has 0 spiro atoms. The van der Waals surface area contributed by atoms with Crippen LogP contribution >= 0.6 is 27.7 Å². The van der Waals surface area contributed by atoms with Crippen LogP contribution in [0.15, 0.2) is 27.7 Å². The summed E-state index contributed by atoms with van der Waals surface area (Å²) in [5.41, 5.74) is 2.37. The zero-order valence-electron chi connectivity index (χ0n) is 11.0. The van der Waals surface area contributed by atoms with Crippen LogP contribution in [-0.4, -0.2) is 17.0 Å². The molecule has 0 saturated heterocycles. The fourth-order valence-corrected chi connectivity index (χ4v) is 3.34. The van der Waals surface area contributed by atoms with Crippen LogP contribution in [0, 0.1) is 12.8 Å². The van der Waals surface area contributed by atoms with E-state index < -0.39 is 0 Å². The van der Waals surface area contributed by atoms with Crippen LogP contribution in [0.25, 0.3) is 0 Å². The summed E-state index contributed by atoms with van der Waals surface area (Å²) in [6, 6.07) is 6.68. The van der Waals surface area contributed by atoms with Gasteiger partial charge in [-0.1, -0.05) is 47.6 Å². The normalized spacial score (nSPS) is 19.2. The van der Waals surface area contributed by atoms with E-state index in [2.05, 4.69) is 54.2 Å². The molecule has 1 aromatic rings. The Labute approximate surface area is 122 Å². The summed E-state index contributed by atoms with van der Waals surface area (Å²) in [7, 11) is 0. The standard InChI is InChI=1S/C14H19BrN2S/c1-9(2)7-11-8-18-14(16-11)17-13-6-4-5-12(15)10(13)3/h4-6,9,11H,7-8H2,1-3H3,(H,16,17). The first-order valence-corrected chi connectivity index (χ1v) is 8.07. The Morgan fingerprint density at radius 3 is 3.00 bits per heavy atom. The third kappa shape index (κ3) is 3.51. The van der Waals surface area contributed by atoms with Crippen molar-refractivity contribution in [1.29, 1.82) is 0 Å². The number of hydrogen-bond acceptors (Lipinski definition) is 3. The Balaban J connectivity index is 2.04. The van der Waals surface area contributed by atoms with E-state index in [9.17, 15) is 0 Å². The number of benzene rings is 1. The lowest BCUT2D eigenvalue weighted by molar-refractivity contribution is 0.529. The minimum absolute atomic E-state index is 0.477. The number of aliphatic imine (C=N–C) groups is 1. The van der Waals surface area contributed by atoms with Gasteiger partial charge in [0.05, 0.1) is 6.04 Å². The fraction of sp³-hybridized carbons (Fsp3) is 0.500. The zero-order chi connectivity index (χ0) is 13.1. The second-order valence-corrected chi connectivity index (χ2v) is 6.93. The van der Waals surface area contributed by atoms with Gasteiger partial charge in [-0.2, -0.15) is 0 Å². The minimum Gasteiger partial charge on any atom is -0.335 e. The molecule has 0 bridgehead atoms. The van der Waals surface area contributed by atoms with E-state index in [1.165, 1.54) is 12.0 Å². The fourth-order valence-electron chi connectivity index (χ4n) is 2.01. The highest BCUT2D eigenvalue weighted by Crippen LogP contribution is 2.28. The molecule has 4 heteroatoms. The van der Waals surface area contributed by atoms with Crippen molar-refractivity contribution in [2.75, 3.05) is 11.1 Å². The molecule has 1 heterocycles. The molecule has 1 aliphatic rings. The summed E-state index contributed by atoms with van der Waals surface area (Å²) in [5, 5.41) is 4.49. The minimum atomic E-state index is 0.477. The number of anilines is 1. The number of thioether (sulfide) groups is 1. The van der Waals surface area contributed by atoms with Crippen molar-refractivity contribution in [3.8, 4) is 0 Å². The first-order valence-electron chi connectivity index (χ1n) is 6.29. The number of nitrogens with one attached hydrogen (secondary N) is 1. The second-order valence-electron chi connectivity index (χ2n) is 5.07. The third-order valence-corrected chi connectivity index (χ3v) is 4.86. The van der Waals surface area contributed by atoms with Crippen LogP contribution in [-0.2, 0) is 0 Å². The quantitative estimate of drug-likeness (QED) is 0.871. The van der Waals surface area contributed by atoms with E-state index in [1.54, 1.807) is 0 Å². The van der Waals surface area contributed by atoms with Crippen LogP contribution in [0.3, 0.4) is 0 Å². The maximum Gasteiger partial charge on any atom is 0.161 e. The van der Waals surface area contributed by atoms with Gasteiger partial charge in [0.2, 0.25) is 0 Å². The van der Waals surface area contributed by atoms with Crippen molar-refractivity contribution >= 4 is 38.5 Å². The maximum absolute atomic E-state index is 4.75. The van der Waals surface area contributed by atoms with Gasteiger partial charge in [-0.25, -0.2) is 0 Å². The Bertz CT molecular complexity index is 457. The highest BCUT2D eigenvalue weighted by atomic mass is 79.9. The summed E-state index contributed by atoms with van der Waals surface area (Å²) in [6.07, 6.45) is 1.18. The maximum atomic E-state index is 4.75. The SMILES string of the molecule is Cc1c(Br)cccc1NC1=NC(CC(C)C)CS1. The lowest BCUT2D eigenvalue weighted by Crippen LogP contribution is -2.08. The van der Waals surface area contributed by atoms with Gasteiger partial charge >= 0.3 is 0 Å². The molecule has 0 aromatic heterocycles. The second kappa shape index (κ2) is 6.11. The molecule has 1 aromatic carbocycles. The van der Waals surface area contributed by atoms with Crippen LogP contribution < -0.4 is 5.32 Å². The number of nitrogens with zero attached hydrogens (tertiary/aromatic N) is 1. The molecular weight excluding hydrogens is 308 g/mol. The predicted molar refractivity (Wildman–Crippen MR) is 85.6 cm³/mol. The van der Waals surface area contributed by atoms with Crippen LogP contribution in [0.1, 0.15) is 25.8 Å². The van der Waals surface area contributed by atoms with Crippen LogP contribution in [0.5, 0.6) is 0 Å². The van der Waals surface area contributed by atoms with E-state index >= 15 is 0 Å². The lowest BCUT2D eigenvalue weighted by atomic mass is 10.1. The Hall–Kier alpha value is -0.480. The van der Waals surface area contributed by atoms with Crippen molar-refractivity contribution in [2.24, 2.45) is 10.9 Å². The summed E-state index contributed by atoms with van der Waals surface area (Å²) >= 11 is 5.38. The molecule has 0 aliphatic carbocycles. The largest absolute Gasteiger partial charge is 0.335 e. The van der Waals surface area contributed by atoms with Gasteiger partial charge in [0, 0.05) is 15.9 Å². The zero-order valence-corrected chi connectivity index (χ0v) is 13.4. The van der Waals surface area contributed by atoms with Gasteiger partial charge in [-0.3, -0.25) is 4.99 Å². The molecule has 98 valence electrons. The van der Waals surface area contributed by atoms with Crippen molar-refractivity contribution < 1.29 is 0 Å². The molecule has 2 rings (SSSR count). The molecule has 1 aliphatic heterocycles. The van der Waals surface area contributed by atoms with E-state index in [0.717, 1.165) is 21.1 Å². The number of halogens is 1. The highest BCUT2D eigenvalue weighted by Gasteiger charge is 2.19. The third-order valence-electron chi connectivity index (χ3n) is 2.97. The molecule has 0 saturated carbocycles.